The summed E-state index contributed by atoms with van der Waals surface area (Å²) < 4.78 is 1.72. The van der Waals surface area contributed by atoms with Crippen LogP contribution in [-0.2, 0) is 6.54 Å². The number of pyridine rings is 1. The Morgan fingerprint density at radius 1 is 1.00 bits per heavy atom. The lowest BCUT2D eigenvalue weighted by molar-refractivity contribution is 0.0951. The Morgan fingerprint density at radius 2 is 1.70 bits per heavy atom. The van der Waals surface area contributed by atoms with Crippen molar-refractivity contribution in [1.82, 2.24) is 15.2 Å². The summed E-state index contributed by atoms with van der Waals surface area (Å²) in [5.74, 6) is -0.907. The number of rotatable bonds is 8. The van der Waals surface area contributed by atoms with E-state index in [1.807, 2.05) is 30.3 Å². The quantitative estimate of drug-likeness (QED) is 0.659. The third kappa shape index (κ3) is 5.69. The SMILES string of the molecule is CCNC(=O)c1cn(Cc2ccccc2)cc(C(=O)NCCC2=CCCCC2)c1=O. The fourth-order valence-electron chi connectivity index (χ4n) is 3.66. The molecule has 0 saturated carbocycles. The minimum atomic E-state index is -0.542. The maximum atomic E-state index is 12.8. The number of aromatic nitrogens is 1. The largest absolute Gasteiger partial charge is 0.352 e. The second kappa shape index (κ2) is 10.6. The van der Waals surface area contributed by atoms with E-state index in [-0.39, 0.29) is 11.1 Å². The molecule has 6 nitrogen and oxygen atoms in total. The van der Waals surface area contributed by atoms with Crippen LogP contribution >= 0.6 is 0 Å². The Labute approximate surface area is 177 Å². The van der Waals surface area contributed by atoms with Crippen LogP contribution < -0.4 is 16.1 Å². The molecule has 0 fully saturated rings. The second-order valence-corrected chi connectivity index (χ2v) is 7.55. The van der Waals surface area contributed by atoms with Crippen molar-refractivity contribution >= 4 is 11.8 Å². The molecule has 2 aromatic rings. The highest BCUT2D eigenvalue weighted by atomic mass is 16.2. The summed E-state index contributed by atoms with van der Waals surface area (Å²) in [6.07, 6.45) is 10.7. The molecule has 1 aromatic carbocycles. The van der Waals surface area contributed by atoms with Crippen molar-refractivity contribution in [1.29, 1.82) is 0 Å². The highest BCUT2D eigenvalue weighted by molar-refractivity contribution is 5.99. The molecule has 0 unspecified atom stereocenters. The van der Waals surface area contributed by atoms with Gasteiger partial charge in [0.2, 0.25) is 5.43 Å². The standard InChI is InChI=1S/C24H29N3O3/c1-2-25-23(29)20-16-27(15-19-11-7-4-8-12-19)17-21(22(20)28)24(30)26-14-13-18-9-5-3-6-10-18/h4,7-9,11-12,16-17H,2-3,5-6,10,13-15H2,1H3,(H,25,29)(H,26,30). The first-order chi connectivity index (χ1) is 14.6. The van der Waals surface area contributed by atoms with Gasteiger partial charge in [-0.2, -0.15) is 0 Å². The van der Waals surface area contributed by atoms with E-state index in [9.17, 15) is 14.4 Å². The first-order valence-electron chi connectivity index (χ1n) is 10.6. The molecule has 3 rings (SSSR count). The average molecular weight is 408 g/mol. The van der Waals surface area contributed by atoms with Gasteiger partial charge in [0.15, 0.2) is 0 Å². The Kier molecular flexibility index (Phi) is 7.60. The van der Waals surface area contributed by atoms with E-state index in [0.717, 1.165) is 24.8 Å². The molecule has 1 aliphatic carbocycles. The van der Waals surface area contributed by atoms with Crippen molar-refractivity contribution in [3.63, 3.8) is 0 Å². The highest BCUT2D eigenvalue weighted by Gasteiger charge is 2.19. The zero-order valence-electron chi connectivity index (χ0n) is 17.4. The summed E-state index contributed by atoms with van der Waals surface area (Å²) in [6, 6.07) is 9.70. The van der Waals surface area contributed by atoms with E-state index >= 15 is 0 Å². The second-order valence-electron chi connectivity index (χ2n) is 7.55. The first-order valence-corrected chi connectivity index (χ1v) is 10.6. The van der Waals surface area contributed by atoms with Crippen LogP contribution in [0.5, 0.6) is 0 Å². The summed E-state index contributed by atoms with van der Waals surface area (Å²) in [7, 11) is 0. The number of hydrogen-bond acceptors (Lipinski definition) is 3. The van der Waals surface area contributed by atoms with Gasteiger partial charge in [0.1, 0.15) is 11.1 Å². The molecule has 2 N–H and O–H groups in total. The van der Waals surface area contributed by atoms with Crippen LogP contribution in [0.3, 0.4) is 0 Å². The number of nitrogens with one attached hydrogen (secondary N) is 2. The van der Waals surface area contributed by atoms with Gasteiger partial charge in [0, 0.05) is 32.0 Å². The van der Waals surface area contributed by atoms with Gasteiger partial charge in [-0.05, 0) is 44.6 Å². The predicted molar refractivity (Wildman–Crippen MR) is 118 cm³/mol. The van der Waals surface area contributed by atoms with Crippen LogP contribution in [0.4, 0.5) is 0 Å². The topological polar surface area (TPSA) is 80.2 Å². The highest BCUT2D eigenvalue weighted by Crippen LogP contribution is 2.19. The van der Waals surface area contributed by atoms with Crippen LogP contribution in [0.25, 0.3) is 0 Å². The van der Waals surface area contributed by atoms with Crippen LogP contribution in [-0.4, -0.2) is 29.5 Å². The molecule has 30 heavy (non-hydrogen) atoms. The summed E-state index contributed by atoms with van der Waals surface area (Å²) in [4.78, 5) is 38.0. The molecule has 1 aromatic heterocycles. The first kappa shape index (κ1) is 21.6. The third-order valence-corrected chi connectivity index (χ3v) is 5.23. The van der Waals surface area contributed by atoms with E-state index in [0.29, 0.717) is 19.6 Å². The maximum absolute atomic E-state index is 12.8. The molecule has 0 atom stereocenters. The molecule has 1 heterocycles. The number of carbonyl (C=O) groups is 2. The minimum absolute atomic E-state index is 0.00712. The molecule has 1 aliphatic rings. The van der Waals surface area contributed by atoms with Gasteiger partial charge in [0.25, 0.3) is 11.8 Å². The van der Waals surface area contributed by atoms with Crippen molar-refractivity contribution in [2.75, 3.05) is 13.1 Å². The fourth-order valence-corrected chi connectivity index (χ4v) is 3.66. The van der Waals surface area contributed by atoms with Crippen LogP contribution in [0.15, 0.2) is 59.2 Å². The molecular weight excluding hydrogens is 378 g/mol. The average Bonchev–Trinajstić information content (AvgIpc) is 2.76. The lowest BCUT2D eigenvalue weighted by Gasteiger charge is -2.14. The van der Waals surface area contributed by atoms with Gasteiger partial charge in [-0.15, -0.1) is 0 Å². The fraction of sp³-hybridized carbons (Fsp3) is 0.375. The van der Waals surface area contributed by atoms with E-state index in [1.54, 1.807) is 11.5 Å². The summed E-state index contributed by atoms with van der Waals surface area (Å²) in [5.41, 5.74) is 1.81. The third-order valence-electron chi connectivity index (χ3n) is 5.23. The monoisotopic (exact) mass is 407 g/mol. The zero-order chi connectivity index (χ0) is 21.3. The molecular formula is C24H29N3O3. The summed E-state index contributed by atoms with van der Waals surface area (Å²) >= 11 is 0. The lowest BCUT2D eigenvalue weighted by atomic mass is 9.97. The normalized spacial score (nSPS) is 13.4. The number of nitrogens with zero attached hydrogens (tertiary/aromatic N) is 1. The number of amides is 2. The summed E-state index contributed by atoms with van der Waals surface area (Å²) in [6.45, 7) is 3.13. The molecule has 2 amide bonds. The zero-order valence-corrected chi connectivity index (χ0v) is 17.4. The minimum Gasteiger partial charge on any atom is -0.352 e. The molecule has 0 spiro atoms. The van der Waals surface area contributed by atoms with Crippen LogP contribution in [0, 0.1) is 0 Å². The van der Waals surface area contributed by atoms with Gasteiger partial charge in [-0.1, -0.05) is 42.0 Å². The number of carbonyl (C=O) groups excluding carboxylic acids is 2. The van der Waals surface area contributed by atoms with Gasteiger partial charge < -0.3 is 15.2 Å². The van der Waals surface area contributed by atoms with Crippen molar-refractivity contribution in [2.24, 2.45) is 0 Å². The number of hydrogen-bond donors (Lipinski definition) is 2. The van der Waals surface area contributed by atoms with E-state index < -0.39 is 17.2 Å². The molecule has 0 aliphatic heterocycles. The van der Waals surface area contributed by atoms with Crippen molar-refractivity contribution in [3.8, 4) is 0 Å². The Bertz CT molecular complexity index is 977. The van der Waals surface area contributed by atoms with Crippen molar-refractivity contribution in [3.05, 3.63) is 81.3 Å². The molecule has 158 valence electrons. The Balaban J connectivity index is 1.81. The molecule has 6 heteroatoms. The molecule has 0 saturated heterocycles. The predicted octanol–water partition coefficient (Wildman–Crippen LogP) is 3.27. The van der Waals surface area contributed by atoms with E-state index in [4.69, 9.17) is 0 Å². The van der Waals surface area contributed by atoms with Crippen molar-refractivity contribution in [2.45, 2.75) is 45.6 Å². The van der Waals surface area contributed by atoms with Gasteiger partial charge >= 0.3 is 0 Å². The lowest BCUT2D eigenvalue weighted by Crippen LogP contribution is -2.35. The Hall–Kier alpha value is -3.15. The number of benzene rings is 1. The van der Waals surface area contributed by atoms with E-state index in [2.05, 4.69) is 16.7 Å². The maximum Gasteiger partial charge on any atom is 0.256 e. The van der Waals surface area contributed by atoms with Gasteiger partial charge in [-0.3, -0.25) is 14.4 Å². The summed E-state index contributed by atoms with van der Waals surface area (Å²) in [5, 5.41) is 5.51. The van der Waals surface area contributed by atoms with Crippen molar-refractivity contribution < 1.29 is 9.59 Å². The van der Waals surface area contributed by atoms with Gasteiger partial charge in [0.05, 0.1) is 0 Å². The number of allylic oxidation sites excluding steroid dienone is 1. The van der Waals surface area contributed by atoms with Crippen LogP contribution in [0.1, 0.15) is 65.3 Å². The van der Waals surface area contributed by atoms with Crippen LogP contribution in [0.2, 0.25) is 0 Å². The molecule has 0 bridgehead atoms. The van der Waals surface area contributed by atoms with Gasteiger partial charge in [-0.25, -0.2) is 0 Å². The van der Waals surface area contributed by atoms with E-state index in [1.165, 1.54) is 30.8 Å². The smallest absolute Gasteiger partial charge is 0.256 e. The molecule has 0 radical (unpaired) electrons. The Morgan fingerprint density at radius 3 is 2.33 bits per heavy atom.